The van der Waals surface area contributed by atoms with Crippen LogP contribution in [0, 0.1) is 6.92 Å². The van der Waals surface area contributed by atoms with Crippen LogP contribution in [0.1, 0.15) is 35.3 Å². The van der Waals surface area contributed by atoms with Gasteiger partial charge in [0.2, 0.25) is 0 Å². The molecule has 0 aliphatic carbocycles. The molecule has 5 heteroatoms. The first-order valence-electron chi connectivity index (χ1n) is 4.86. The van der Waals surface area contributed by atoms with Crippen molar-refractivity contribution in [1.82, 2.24) is 4.98 Å². The predicted octanol–water partition coefficient (Wildman–Crippen LogP) is 1.53. The van der Waals surface area contributed by atoms with E-state index in [2.05, 4.69) is 18.8 Å². The minimum atomic E-state index is -0.964. The SMILES string of the molecule is Cc1nc(C(C)C)sc1CC(N)C(=O)O. The first kappa shape index (κ1) is 12.1. The molecule has 0 spiro atoms. The van der Waals surface area contributed by atoms with Gasteiger partial charge < -0.3 is 10.8 Å². The Hall–Kier alpha value is -0.940. The number of carboxylic acids is 1. The van der Waals surface area contributed by atoms with Crippen LogP contribution in [0.3, 0.4) is 0 Å². The average Bonchev–Trinajstić information content (AvgIpc) is 2.47. The Kier molecular flexibility index (Phi) is 3.82. The van der Waals surface area contributed by atoms with Gasteiger partial charge in [0, 0.05) is 17.2 Å². The van der Waals surface area contributed by atoms with Gasteiger partial charge in [-0.05, 0) is 6.92 Å². The summed E-state index contributed by atoms with van der Waals surface area (Å²) in [7, 11) is 0. The molecule has 1 rings (SSSR count). The second-order valence-electron chi connectivity index (χ2n) is 3.86. The number of hydrogen-bond acceptors (Lipinski definition) is 4. The van der Waals surface area contributed by atoms with Crippen molar-refractivity contribution in [3.63, 3.8) is 0 Å². The Morgan fingerprint density at radius 2 is 2.20 bits per heavy atom. The second kappa shape index (κ2) is 4.72. The Morgan fingerprint density at radius 3 is 2.60 bits per heavy atom. The molecule has 1 aromatic rings. The number of carboxylic acid groups (broad SMARTS) is 1. The van der Waals surface area contributed by atoms with Crippen molar-refractivity contribution in [2.75, 3.05) is 0 Å². The maximum Gasteiger partial charge on any atom is 0.320 e. The van der Waals surface area contributed by atoms with E-state index in [1.165, 1.54) is 0 Å². The molecule has 84 valence electrons. The number of aryl methyl sites for hydroxylation is 1. The summed E-state index contributed by atoms with van der Waals surface area (Å²) in [6.45, 7) is 6.03. The first-order chi connectivity index (χ1) is 6.91. The quantitative estimate of drug-likeness (QED) is 0.819. The Bertz CT molecular complexity index is 360. The van der Waals surface area contributed by atoms with Crippen molar-refractivity contribution < 1.29 is 9.90 Å². The lowest BCUT2D eigenvalue weighted by atomic mass is 10.2. The maximum atomic E-state index is 10.6. The van der Waals surface area contributed by atoms with E-state index in [0.29, 0.717) is 12.3 Å². The molecule has 0 amide bonds. The van der Waals surface area contributed by atoms with Crippen molar-refractivity contribution in [2.24, 2.45) is 5.73 Å². The van der Waals surface area contributed by atoms with Gasteiger partial charge in [-0.3, -0.25) is 4.79 Å². The van der Waals surface area contributed by atoms with Crippen LogP contribution in [0.4, 0.5) is 0 Å². The van der Waals surface area contributed by atoms with Crippen LogP contribution in [-0.2, 0) is 11.2 Å². The van der Waals surface area contributed by atoms with E-state index in [1.807, 2.05) is 6.92 Å². The summed E-state index contributed by atoms with van der Waals surface area (Å²) in [5, 5.41) is 9.75. The molecule has 0 radical (unpaired) electrons. The summed E-state index contributed by atoms with van der Waals surface area (Å²) >= 11 is 1.56. The van der Waals surface area contributed by atoms with Gasteiger partial charge in [0.05, 0.1) is 10.7 Å². The Balaban J connectivity index is 2.81. The number of nitrogens with zero attached hydrogens (tertiary/aromatic N) is 1. The monoisotopic (exact) mass is 228 g/mol. The number of aromatic nitrogens is 1. The van der Waals surface area contributed by atoms with Gasteiger partial charge in [0.25, 0.3) is 0 Å². The van der Waals surface area contributed by atoms with E-state index >= 15 is 0 Å². The molecule has 4 nitrogen and oxygen atoms in total. The van der Waals surface area contributed by atoms with Crippen LogP contribution in [0.25, 0.3) is 0 Å². The predicted molar refractivity (Wildman–Crippen MR) is 60.3 cm³/mol. The number of aliphatic carboxylic acids is 1. The Labute approximate surface area is 93.1 Å². The van der Waals surface area contributed by atoms with Gasteiger partial charge in [0.15, 0.2) is 0 Å². The molecule has 0 aromatic carbocycles. The molecule has 0 aliphatic rings. The van der Waals surface area contributed by atoms with E-state index in [0.717, 1.165) is 15.6 Å². The molecule has 1 unspecified atom stereocenters. The summed E-state index contributed by atoms with van der Waals surface area (Å²) < 4.78 is 0. The fourth-order valence-corrected chi connectivity index (χ4v) is 2.30. The van der Waals surface area contributed by atoms with Gasteiger partial charge in [-0.15, -0.1) is 11.3 Å². The van der Waals surface area contributed by atoms with Crippen molar-refractivity contribution in [3.05, 3.63) is 15.6 Å². The lowest BCUT2D eigenvalue weighted by Gasteiger charge is -2.03. The standard InChI is InChI=1S/C10H16N2O2S/c1-5(2)9-12-6(3)8(15-9)4-7(11)10(13)14/h5,7H,4,11H2,1-3H3,(H,13,14). The zero-order chi connectivity index (χ0) is 11.6. The fourth-order valence-electron chi connectivity index (χ4n) is 1.17. The van der Waals surface area contributed by atoms with Gasteiger partial charge in [-0.2, -0.15) is 0 Å². The molecular formula is C10H16N2O2S. The minimum Gasteiger partial charge on any atom is -0.480 e. The topological polar surface area (TPSA) is 76.2 Å². The third kappa shape index (κ3) is 3.00. The molecule has 1 heterocycles. The smallest absolute Gasteiger partial charge is 0.320 e. The third-order valence-corrected chi connectivity index (χ3v) is 3.61. The van der Waals surface area contributed by atoms with Gasteiger partial charge in [0.1, 0.15) is 6.04 Å². The van der Waals surface area contributed by atoms with E-state index in [-0.39, 0.29) is 0 Å². The molecule has 0 fully saturated rings. The van der Waals surface area contributed by atoms with Gasteiger partial charge in [-0.25, -0.2) is 4.98 Å². The van der Waals surface area contributed by atoms with Crippen LogP contribution in [0.5, 0.6) is 0 Å². The molecule has 0 saturated heterocycles. The number of hydrogen-bond donors (Lipinski definition) is 2. The number of nitrogens with two attached hydrogens (primary N) is 1. The zero-order valence-electron chi connectivity index (χ0n) is 9.15. The fraction of sp³-hybridized carbons (Fsp3) is 0.600. The lowest BCUT2D eigenvalue weighted by Crippen LogP contribution is -2.32. The lowest BCUT2D eigenvalue weighted by molar-refractivity contribution is -0.138. The highest BCUT2D eigenvalue weighted by atomic mass is 32.1. The highest BCUT2D eigenvalue weighted by Gasteiger charge is 2.17. The highest BCUT2D eigenvalue weighted by Crippen LogP contribution is 2.25. The maximum absolute atomic E-state index is 10.6. The summed E-state index contributed by atoms with van der Waals surface area (Å²) in [4.78, 5) is 16.0. The minimum absolute atomic E-state index is 0.367. The van der Waals surface area contributed by atoms with E-state index in [9.17, 15) is 4.79 Å². The van der Waals surface area contributed by atoms with Crippen LogP contribution in [0.15, 0.2) is 0 Å². The first-order valence-corrected chi connectivity index (χ1v) is 5.68. The average molecular weight is 228 g/mol. The Morgan fingerprint density at radius 1 is 1.60 bits per heavy atom. The molecule has 0 saturated carbocycles. The summed E-state index contributed by atoms with van der Waals surface area (Å²) in [5.74, 6) is -0.586. The molecular weight excluding hydrogens is 212 g/mol. The molecule has 3 N–H and O–H groups in total. The van der Waals surface area contributed by atoms with Crippen LogP contribution >= 0.6 is 11.3 Å². The number of rotatable bonds is 4. The highest BCUT2D eigenvalue weighted by molar-refractivity contribution is 7.11. The van der Waals surface area contributed by atoms with Crippen molar-refractivity contribution in [1.29, 1.82) is 0 Å². The zero-order valence-corrected chi connectivity index (χ0v) is 9.97. The number of carbonyl (C=O) groups is 1. The number of thiazole rings is 1. The third-order valence-electron chi connectivity index (χ3n) is 2.13. The van der Waals surface area contributed by atoms with Crippen molar-refractivity contribution >= 4 is 17.3 Å². The molecule has 0 aliphatic heterocycles. The largest absolute Gasteiger partial charge is 0.480 e. The summed E-state index contributed by atoms with van der Waals surface area (Å²) in [6, 6.07) is -0.829. The molecule has 0 bridgehead atoms. The van der Waals surface area contributed by atoms with Crippen molar-refractivity contribution in [3.8, 4) is 0 Å². The summed E-state index contributed by atoms with van der Waals surface area (Å²) in [6.07, 6.45) is 0.367. The van der Waals surface area contributed by atoms with Crippen LogP contribution in [0.2, 0.25) is 0 Å². The molecule has 1 aromatic heterocycles. The van der Waals surface area contributed by atoms with E-state index in [4.69, 9.17) is 10.8 Å². The second-order valence-corrected chi connectivity index (χ2v) is 4.98. The molecule has 15 heavy (non-hydrogen) atoms. The van der Waals surface area contributed by atoms with Crippen molar-refractivity contribution in [2.45, 2.75) is 39.2 Å². The van der Waals surface area contributed by atoms with Crippen LogP contribution in [-0.4, -0.2) is 22.1 Å². The molecule has 1 atom stereocenters. The van der Waals surface area contributed by atoms with E-state index < -0.39 is 12.0 Å². The van der Waals surface area contributed by atoms with Gasteiger partial charge >= 0.3 is 5.97 Å². The normalized spacial score (nSPS) is 13.1. The van der Waals surface area contributed by atoms with Gasteiger partial charge in [-0.1, -0.05) is 13.8 Å². The van der Waals surface area contributed by atoms with Crippen LogP contribution < -0.4 is 5.73 Å². The summed E-state index contributed by atoms with van der Waals surface area (Å²) in [5.41, 5.74) is 6.39. The van der Waals surface area contributed by atoms with E-state index in [1.54, 1.807) is 11.3 Å².